The third kappa shape index (κ3) is 2.78. The molecular formula is C21H14FN3O. The van der Waals surface area contributed by atoms with Crippen molar-refractivity contribution in [1.29, 1.82) is 5.26 Å². The van der Waals surface area contributed by atoms with Gasteiger partial charge >= 0.3 is 0 Å². The van der Waals surface area contributed by atoms with Gasteiger partial charge in [0.05, 0.1) is 16.6 Å². The number of nitriles is 1. The Hall–Kier alpha value is -3.65. The van der Waals surface area contributed by atoms with E-state index in [1.807, 2.05) is 35.9 Å². The predicted molar refractivity (Wildman–Crippen MR) is 98.3 cm³/mol. The van der Waals surface area contributed by atoms with E-state index in [1.165, 1.54) is 12.1 Å². The van der Waals surface area contributed by atoms with Crippen LogP contribution < -0.4 is 0 Å². The van der Waals surface area contributed by atoms with E-state index in [-0.39, 0.29) is 5.82 Å². The number of nitrogens with zero attached hydrogens (tertiary/aromatic N) is 3. The first-order chi connectivity index (χ1) is 12.7. The van der Waals surface area contributed by atoms with Crippen molar-refractivity contribution in [2.24, 2.45) is 7.05 Å². The second-order valence-corrected chi connectivity index (χ2v) is 5.86. The summed E-state index contributed by atoms with van der Waals surface area (Å²) >= 11 is 0. The van der Waals surface area contributed by atoms with Gasteiger partial charge in [-0.15, -0.1) is 0 Å². The van der Waals surface area contributed by atoms with Gasteiger partial charge in [-0.3, -0.25) is 0 Å². The zero-order chi connectivity index (χ0) is 18.1. The molecule has 4 aromatic rings. The second-order valence-electron chi connectivity index (χ2n) is 5.86. The lowest BCUT2D eigenvalue weighted by Crippen LogP contribution is -1.95. The maximum Gasteiger partial charge on any atom is 0.151 e. The molecule has 0 bridgehead atoms. The van der Waals surface area contributed by atoms with Crippen molar-refractivity contribution in [3.63, 3.8) is 0 Å². The summed E-state index contributed by atoms with van der Waals surface area (Å²) in [5.41, 5.74) is 2.96. The highest BCUT2D eigenvalue weighted by molar-refractivity contribution is 5.90. The molecule has 0 radical (unpaired) electrons. The third-order valence-electron chi connectivity index (χ3n) is 4.19. The summed E-state index contributed by atoms with van der Waals surface area (Å²) in [6.45, 7) is 0. The molecule has 4 nitrogen and oxygen atoms in total. The minimum atomic E-state index is -0.297. The molecule has 0 aliphatic heterocycles. The van der Waals surface area contributed by atoms with E-state index in [2.05, 4.69) is 11.1 Å². The highest BCUT2D eigenvalue weighted by Crippen LogP contribution is 2.26. The second kappa shape index (κ2) is 6.34. The smallest absolute Gasteiger partial charge is 0.151 e. The maximum atomic E-state index is 13.1. The van der Waals surface area contributed by atoms with Crippen LogP contribution >= 0.6 is 0 Å². The van der Waals surface area contributed by atoms with Crippen molar-refractivity contribution < 1.29 is 8.81 Å². The molecule has 126 valence electrons. The third-order valence-corrected chi connectivity index (χ3v) is 4.19. The number of allylic oxidation sites excluding steroid dienone is 1. The van der Waals surface area contributed by atoms with Crippen LogP contribution in [-0.4, -0.2) is 9.55 Å². The molecule has 2 heterocycles. The van der Waals surface area contributed by atoms with Gasteiger partial charge in [0.1, 0.15) is 23.4 Å². The number of halogens is 1. The first-order valence-corrected chi connectivity index (χ1v) is 8.05. The van der Waals surface area contributed by atoms with Gasteiger partial charge in [0.25, 0.3) is 0 Å². The normalized spacial score (nSPS) is 11.7. The Bertz CT molecular complexity index is 1160. The topological polar surface area (TPSA) is 54.8 Å². The van der Waals surface area contributed by atoms with E-state index in [9.17, 15) is 9.65 Å². The molecule has 0 aliphatic rings. The predicted octanol–water partition coefficient (Wildman–Crippen LogP) is 5.04. The molecule has 0 unspecified atom stereocenters. The first kappa shape index (κ1) is 15.9. The molecule has 0 saturated carbocycles. The number of furan rings is 1. The summed E-state index contributed by atoms with van der Waals surface area (Å²) in [4.78, 5) is 4.54. The lowest BCUT2D eigenvalue weighted by molar-refractivity contribution is 0.571. The first-order valence-electron chi connectivity index (χ1n) is 8.05. The fraction of sp³-hybridized carbons (Fsp3) is 0.0476. The largest absolute Gasteiger partial charge is 0.457 e. The molecule has 0 aliphatic carbocycles. The van der Waals surface area contributed by atoms with Crippen molar-refractivity contribution in [3.05, 3.63) is 78.1 Å². The summed E-state index contributed by atoms with van der Waals surface area (Å²) in [5.74, 6) is 1.42. The van der Waals surface area contributed by atoms with Crippen LogP contribution in [0.15, 0.2) is 65.1 Å². The van der Waals surface area contributed by atoms with Crippen molar-refractivity contribution in [1.82, 2.24) is 9.55 Å². The van der Waals surface area contributed by atoms with Crippen LogP contribution in [0.3, 0.4) is 0 Å². The minimum Gasteiger partial charge on any atom is -0.457 e. The molecule has 0 atom stereocenters. The molecule has 2 aromatic carbocycles. The number of imidazole rings is 1. The monoisotopic (exact) mass is 343 g/mol. The van der Waals surface area contributed by atoms with Gasteiger partial charge in [0.15, 0.2) is 5.82 Å². The zero-order valence-corrected chi connectivity index (χ0v) is 14.0. The number of aryl methyl sites for hydroxylation is 1. The Morgan fingerprint density at radius 1 is 1.12 bits per heavy atom. The Morgan fingerprint density at radius 2 is 1.88 bits per heavy atom. The van der Waals surface area contributed by atoms with E-state index in [4.69, 9.17) is 4.42 Å². The number of aromatic nitrogens is 2. The van der Waals surface area contributed by atoms with E-state index < -0.39 is 0 Å². The van der Waals surface area contributed by atoms with Crippen LogP contribution in [0, 0.1) is 17.1 Å². The Balaban J connectivity index is 1.73. The molecule has 0 N–H and O–H groups in total. The molecule has 0 spiro atoms. The molecule has 26 heavy (non-hydrogen) atoms. The van der Waals surface area contributed by atoms with Crippen LogP contribution in [-0.2, 0) is 7.05 Å². The van der Waals surface area contributed by atoms with E-state index in [1.54, 1.807) is 30.3 Å². The number of fused-ring (bicyclic) bond motifs is 1. The van der Waals surface area contributed by atoms with Gasteiger partial charge in [-0.25, -0.2) is 9.37 Å². The molecule has 0 saturated heterocycles. The summed E-state index contributed by atoms with van der Waals surface area (Å²) in [7, 11) is 1.88. The van der Waals surface area contributed by atoms with Crippen molar-refractivity contribution >= 4 is 22.7 Å². The molecule has 0 amide bonds. The van der Waals surface area contributed by atoms with Gasteiger partial charge in [-0.05, 0) is 48.5 Å². The van der Waals surface area contributed by atoms with Crippen LogP contribution in [0.5, 0.6) is 0 Å². The van der Waals surface area contributed by atoms with Gasteiger partial charge in [-0.2, -0.15) is 5.26 Å². The standard InChI is InChI=1S/C21H14FN3O/c1-25-19-5-3-2-4-18(19)24-21(25)15(13-23)12-17-10-11-20(26-17)14-6-8-16(22)9-7-14/h2-12H,1H3. The van der Waals surface area contributed by atoms with Crippen LogP contribution in [0.25, 0.3) is 34.0 Å². The summed E-state index contributed by atoms with van der Waals surface area (Å²) < 4.78 is 20.7. The molecule has 2 aromatic heterocycles. The van der Waals surface area contributed by atoms with Gasteiger partial charge < -0.3 is 8.98 Å². The molecule has 5 heteroatoms. The Kier molecular flexibility index (Phi) is 3.86. The van der Waals surface area contributed by atoms with Crippen molar-refractivity contribution in [2.45, 2.75) is 0 Å². The highest BCUT2D eigenvalue weighted by Gasteiger charge is 2.13. The lowest BCUT2D eigenvalue weighted by Gasteiger charge is -2.00. The highest BCUT2D eigenvalue weighted by atomic mass is 19.1. The maximum absolute atomic E-state index is 13.1. The van der Waals surface area contributed by atoms with E-state index in [0.29, 0.717) is 22.9 Å². The average Bonchev–Trinajstić information content (AvgIpc) is 3.26. The van der Waals surface area contributed by atoms with Crippen LogP contribution in [0.4, 0.5) is 4.39 Å². The Labute approximate surface area is 149 Å². The van der Waals surface area contributed by atoms with E-state index >= 15 is 0 Å². The molecular weight excluding hydrogens is 329 g/mol. The minimum absolute atomic E-state index is 0.297. The lowest BCUT2D eigenvalue weighted by atomic mass is 10.2. The molecule has 4 rings (SSSR count). The summed E-state index contributed by atoms with van der Waals surface area (Å²) in [5, 5.41) is 9.59. The van der Waals surface area contributed by atoms with Gasteiger partial charge in [0.2, 0.25) is 0 Å². The fourth-order valence-electron chi connectivity index (χ4n) is 2.88. The average molecular weight is 343 g/mol. The number of rotatable bonds is 3. The number of para-hydroxylation sites is 2. The Morgan fingerprint density at radius 3 is 2.62 bits per heavy atom. The number of benzene rings is 2. The molecule has 0 fully saturated rings. The fourth-order valence-corrected chi connectivity index (χ4v) is 2.88. The van der Waals surface area contributed by atoms with Crippen molar-refractivity contribution in [3.8, 4) is 17.4 Å². The summed E-state index contributed by atoms with van der Waals surface area (Å²) in [6, 6.07) is 19.5. The van der Waals surface area contributed by atoms with Crippen LogP contribution in [0.2, 0.25) is 0 Å². The quantitative estimate of drug-likeness (QED) is 0.490. The van der Waals surface area contributed by atoms with Gasteiger partial charge in [0, 0.05) is 18.7 Å². The van der Waals surface area contributed by atoms with Crippen molar-refractivity contribution in [2.75, 3.05) is 0 Å². The number of hydrogen-bond donors (Lipinski definition) is 0. The number of hydrogen-bond acceptors (Lipinski definition) is 3. The van der Waals surface area contributed by atoms with Crippen LogP contribution in [0.1, 0.15) is 11.6 Å². The summed E-state index contributed by atoms with van der Waals surface area (Å²) in [6.07, 6.45) is 1.66. The SMILES string of the molecule is Cn1c(C(C#N)=Cc2ccc(-c3ccc(F)cc3)o2)nc2ccccc21. The zero-order valence-electron chi connectivity index (χ0n) is 14.0. The van der Waals surface area contributed by atoms with Gasteiger partial charge in [-0.1, -0.05) is 12.1 Å². The van der Waals surface area contributed by atoms with E-state index in [0.717, 1.165) is 16.6 Å².